The first-order chi connectivity index (χ1) is 9.43. The maximum atomic E-state index is 11.9. The van der Waals surface area contributed by atoms with E-state index in [2.05, 4.69) is 19.2 Å². The lowest BCUT2D eigenvalue weighted by molar-refractivity contribution is -0.139. The highest BCUT2D eigenvalue weighted by atomic mass is 16.5. The van der Waals surface area contributed by atoms with E-state index in [1.54, 1.807) is 12.1 Å². The van der Waals surface area contributed by atoms with Crippen LogP contribution < -0.4 is 5.32 Å². The summed E-state index contributed by atoms with van der Waals surface area (Å²) >= 11 is 0. The molecule has 0 bridgehead atoms. The topological polar surface area (TPSA) is 75.6 Å². The maximum absolute atomic E-state index is 11.9. The fraction of sp³-hybridized carbons (Fsp3) is 0.467. The molecule has 1 unspecified atom stereocenters. The summed E-state index contributed by atoms with van der Waals surface area (Å²) in [6.45, 7) is 4.35. The Morgan fingerprint density at radius 3 is 2.30 bits per heavy atom. The number of rotatable bonds is 7. The van der Waals surface area contributed by atoms with Gasteiger partial charge in [0.2, 0.25) is 0 Å². The number of carboxylic acid groups (broad SMARTS) is 1. The Hall–Kier alpha value is -1.88. The lowest BCUT2D eigenvalue weighted by atomic mass is 10.0. The molecule has 0 saturated heterocycles. The van der Waals surface area contributed by atoms with Gasteiger partial charge in [0.15, 0.2) is 0 Å². The van der Waals surface area contributed by atoms with Crippen LogP contribution in [0.2, 0.25) is 0 Å². The van der Waals surface area contributed by atoms with Gasteiger partial charge < -0.3 is 15.2 Å². The van der Waals surface area contributed by atoms with E-state index in [-0.39, 0.29) is 18.9 Å². The van der Waals surface area contributed by atoms with Crippen molar-refractivity contribution in [2.45, 2.75) is 32.3 Å². The summed E-state index contributed by atoms with van der Waals surface area (Å²) in [6, 6.07) is 7.38. The Kier molecular flexibility index (Phi) is 6.18. The van der Waals surface area contributed by atoms with E-state index in [4.69, 9.17) is 9.84 Å². The largest absolute Gasteiger partial charge is 0.481 e. The number of carboxylic acids is 1. The van der Waals surface area contributed by atoms with Crippen LogP contribution >= 0.6 is 0 Å². The summed E-state index contributed by atoms with van der Waals surface area (Å²) in [5.41, 5.74) is 1.72. The molecule has 0 heterocycles. The molecule has 5 nitrogen and oxygen atoms in total. The number of methoxy groups -OCH3 is 1. The Morgan fingerprint density at radius 2 is 1.85 bits per heavy atom. The number of hydrogen-bond acceptors (Lipinski definition) is 3. The number of hydrogen-bond donors (Lipinski definition) is 2. The number of ether oxygens (including phenoxy) is 1. The zero-order chi connectivity index (χ0) is 15.1. The predicted molar refractivity (Wildman–Crippen MR) is 75.9 cm³/mol. The molecule has 0 aliphatic rings. The Morgan fingerprint density at radius 1 is 1.25 bits per heavy atom. The summed E-state index contributed by atoms with van der Waals surface area (Å²) in [4.78, 5) is 22.5. The van der Waals surface area contributed by atoms with Gasteiger partial charge in [0.05, 0.1) is 12.5 Å². The van der Waals surface area contributed by atoms with E-state index in [0.717, 1.165) is 0 Å². The third-order valence-corrected chi connectivity index (χ3v) is 3.07. The Bertz CT molecular complexity index is 453. The van der Waals surface area contributed by atoms with Crippen molar-refractivity contribution in [1.82, 2.24) is 5.32 Å². The second kappa shape index (κ2) is 7.65. The number of aliphatic carboxylic acids is 1. The van der Waals surface area contributed by atoms with E-state index in [1.165, 1.54) is 12.7 Å². The van der Waals surface area contributed by atoms with Gasteiger partial charge in [-0.3, -0.25) is 9.59 Å². The quantitative estimate of drug-likeness (QED) is 0.800. The molecule has 0 radical (unpaired) electrons. The molecule has 2 N–H and O–H groups in total. The van der Waals surface area contributed by atoms with Gasteiger partial charge in [-0.15, -0.1) is 0 Å². The fourth-order valence-electron chi connectivity index (χ4n) is 1.76. The van der Waals surface area contributed by atoms with Gasteiger partial charge in [0.25, 0.3) is 5.91 Å². The molecule has 0 fully saturated rings. The van der Waals surface area contributed by atoms with Crippen LogP contribution in [0.3, 0.4) is 0 Å². The number of nitrogens with one attached hydrogen (secondary N) is 1. The Balaban J connectivity index is 2.55. The highest BCUT2D eigenvalue weighted by molar-refractivity contribution is 5.94. The van der Waals surface area contributed by atoms with Crippen molar-refractivity contribution in [2.24, 2.45) is 0 Å². The molecule has 110 valence electrons. The summed E-state index contributed by atoms with van der Waals surface area (Å²) in [5, 5.41) is 11.4. The first-order valence-electron chi connectivity index (χ1n) is 6.56. The summed E-state index contributed by atoms with van der Waals surface area (Å²) in [6.07, 6.45) is -0.658. The van der Waals surface area contributed by atoms with Gasteiger partial charge in [0.1, 0.15) is 0 Å². The summed E-state index contributed by atoms with van der Waals surface area (Å²) < 4.78 is 5.00. The molecule has 5 heteroatoms. The summed E-state index contributed by atoms with van der Waals surface area (Å²) in [5.74, 6) is -0.763. The minimum absolute atomic E-state index is 0.136. The first kappa shape index (κ1) is 16.2. The molecule has 1 aromatic carbocycles. The third-order valence-electron chi connectivity index (χ3n) is 3.07. The second-order valence-electron chi connectivity index (χ2n) is 4.94. The average molecular weight is 279 g/mol. The number of carbonyl (C=O) groups excluding carboxylic acids is 1. The number of amides is 1. The van der Waals surface area contributed by atoms with Crippen molar-refractivity contribution in [3.63, 3.8) is 0 Å². The van der Waals surface area contributed by atoms with Crippen LogP contribution in [0, 0.1) is 0 Å². The monoisotopic (exact) mass is 279 g/mol. The molecule has 0 aliphatic heterocycles. The summed E-state index contributed by atoms with van der Waals surface area (Å²) in [7, 11) is 1.43. The van der Waals surface area contributed by atoms with Crippen LogP contribution in [-0.4, -0.2) is 36.7 Å². The predicted octanol–water partition coefficient (Wildman–Crippen LogP) is 2.03. The van der Waals surface area contributed by atoms with Crippen molar-refractivity contribution in [3.05, 3.63) is 35.4 Å². The molecule has 1 rings (SSSR count). The minimum atomic E-state index is -0.951. The van der Waals surface area contributed by atoms with Crippen LogP contribution in [0.1, 0.15) is 42.1 Å². The average Bonchev–Trinajstić information content (AvgIpc) is 2.42. The van der Waals surface area contributed by atoms with Crippen LogP contribution in [0.25, 0.3) is 0 Å². The zero-order valence-electron chi connectivity index (χ0n) is 12.1. The molecule has 0 saturated carbocycles. The van der Waals surface area contributed by atoms with Crippen molar-refractivity contribution in [2.75, 3.05) is 13.7 Å². The van der Waals surface area contributed by atoms with Crippen molar-refractivity contribution < 1.29 is 19.4 Å². The molecule has 1 amide bonds. The molecule has 0 aromatic heterocycles. The zero-order valence-corrected chi connectivity index (χ0v) is 12.1. The fourth-order valence-corrected chi connectivity index (χ4v) is 1.76. The van der Waals surface area contributed by atoms with Gasteiger partial charge in [0, 0.05) is 19.2 Å². The van der Waals surface area contributed by atoms with Crippen molar-refractivity contribution in [1.29, 1.82) is 0 Å². The van der Waals surface area contributed by atoms with Gasteiger partial charge in [-0.2, -0.15) is 0 Å². The SMILES string of the molecule is COC(CNC(=O)c1ccc(C(C)C)cc1)CC(=O)O. The third kappa shape index (κ3) is 5.01. The van der Waals surface area contributed by atoms with Gasteiger partial charge in [-0.1, -0.05) is 26.0 Å². The molecule has 0 aliphatic carbocycles. The van der Waals surface area contributed by atoms with Crippen LogP contribution in [0.5, 0.6) is 0 Å². The van der Waals surface area contributed by atoms with E-state index >= 15 is 0 Å². The van der Waals surface area contributed by atoms with Gasteiger partial charge in [-0.25, -0.2) is 0 Å². The molecular formula is C15H21NO4. The Labute approximate surface area is 118 Å². The van der Waals surface area contributed by atoms with Crippen molar-refractivity contribution >= 4 is 11.9 Å². The highest BCUT2D eigenvalue weighted by Gasteiger charge is 2.14. The molecule has 20 heavy (non-hydrogen) atoms. The maximum Gasteiger partial charge on any atom is 0.306 e. The van der Waals surface area contributed by atoms with Crippen LogP contribution in [-0.2, 0) is 9.53 Å². The van der Waals surface area contributed by atoms with Crippen molar-refractivity contribution in [3.8, 4) is 0 Å². The molecule has 0 spiro atoms. The molecular weight excluding hydrogens is 258 g/mol. The molecule has 1 aromatic rings. The van der Waals surface area contributed by atoms with Crippen LogP contribution in [0.15, 0.2) is 24.3 Å². The highest BCUT2D eigenvalue weighted by Crippen LogP contribution is 2.14. The number of carbonyl (C=O) groups is 2. The van der Waals surface area contributed by atoms with Gasteiger partial charge >= 0.3 is 5.97 Å². The number of benzene rings is 1. The lowest BCUT2D eigenvalue weighted by Crippen LogP contribution is -2.34. The standard InChI is InChI=1S/C15H21NO4/c1-10(2)11-4-6-12(7-5-11)15(19)16-9-13(20-3)8-14(17)18/h4-7,10,13H,8-9H2,1-3H3,(H,16,19)(H,17,18). The molecule has 1 atom stereocenters. The van der Waals surface area contributed by atoms with Crippen LogP contribution in [0.4, 0.5) is 0 Å². The minimum Gasteiger partial charge on any atom is -0.481 e. The first-order valence-corrected chi connectivity index (χ1v) is 6.56. The van der Waals surface area contributed by atoms with E-state index < -0.39 is 12.1 Å². The lowest BCUT2D eigenvalue weighted by Gasteiger charge is -2.14. The van der Waals surface area contributed by atoms with E-state index in [1.807, 2.05) is 12.1 Å². The van der Waals surface area contributed by atoms with Gasteiger partial charge in [-0.05, 0) is 23.6 Å². The van der Waals surface area contributed by atoms with E-state index in [0.29, 0.717) is 11.5 Å². The van der Waals surface area contributed by atoms with E-state index in [9.17, 15) is 9.59 Å². The normalized spacial score (nSPS) is 12.2. The smallest absolute Gasteiger partial charge is 0.306 e. The second-order valence-corrected chi connectivity index (χ2v) is 4.94.